The van der Waals surface area contributed by atoms with Crippen molar-refractivity contribution in [2.24, 2.45) is 5.92 Å². The molecule has 0 saturated heterocycles. The maximum Gasteiger partial charge on any atom is 0.183 e. The zero-order chi connectivity index (χ0) is 14.4. The van der Waals surface area contributed by atoms with E-state index in [2.05, 4.69) is 24.1 Å². The molecule has 0 radical (unpaired) electrons. The highest BCUT2D eigenvalue weighted by Gasteiger charge is 2.12. The van der Waals surface area contributed by atoms with E-state index in [1.807, 2.05) is 20.8 Å². The Labute approximate surface area is 115 Å². The lowest BCUT2D eigenvalue weighted by Crippen LogP contribution is -2.33. The molecule has 0 aliphatic rings. The molecule has 0 amide bonds. The molecule has 0 aliphatic carbocycles. The van der Waals surface area contributed by atoms with Crippen molar-refractivity contribution < 1.29 is 9.53 Å². The molecule has 1 aromatic rings. The summed E-state index contributed by atoms with van der Waals surface area (Å²) in [5, 5.41) is 3.31. The number of pyridine rings is 1. The highest BCUT2D eigenvalue weighted by molar-refractivity contribution is 5.95. The van der Waals surface area contributed by atoms with Crippen LogP contribution >= 0.6 is 0 Å². The van der Waals surface area contributed by atoms with Gasteiger partial charge in [-0.1, -0.05) is 27.7 Å². The Balaban J connectivity index is 2.55. The second-order valence-corrected chi connectivity index (χ2v) is 5.39. The van der Waals surface area contributed by atoms with Crippen LogP contribution in [0.15, 0.2) is 18.3 Å². The van der Waals surface area contributed by atoms with E-state index >= 15 is 0 Å². The van der Waals surface area contributed by atoms with Gasteiger partial charge in [0.1, 0.15) is 17.5 Å². The molecular formula is C15H24N2O2. The molecule has 1 aromatic heterocycles. The van der Waals surface area contributed by atoms with E-state index in [4.69, 9.17) is 4.74 Å². The Bertz CT molecular complexity index is 399. The van der Waals surface area contributed by atoms with Crippen molar-refractivity contribution in [1.82, 2.24) is 10.3 Å². The molecule has 1 N–H and O–H groups in total. The third-order valence-corrected chi connectivity index (χ3v) is 2.66. The van der Waals surface area contributed by atoms with E-state index in [9.17, 15) is 4.79 Å². The lowest BCUT2D eigenvalue weighted by atomic mass is 10.1. The lowest BCUT2D eigenvalue weighted by molar-refractivity contribution is 0.0934. The van der Waals surface area contributed by atoms with Gasteiger partial charge >= 0.3 is 0 Å². The number of hydrogen-bond acceptors (Lipinski definition) is 4. The minimum atomic E-state index is -0.0339. The first-order valence-corrected chi connectivity index (χ1v) is 6.80. The monoisotopic (exact) mass is 264 g/mol. The summed E-state index contributed by atoms with van der Waals surface area (Å²) >= 11 is 0. The van der Waals surface area contributed by atoms with Gasteiger partial charge in [0.05, 0.1) is 6.20 Å². The molecule has 0 saturated carbocycles. The summed E-state index contributed by atoms with van der Waals surface area (Å²) in [6.45, 7) is 10.7. The summed E-state index contributed by atoms with van der Waals surface area (Å²) in [7, 11) is 0. The van der Waals surface area contributed by atoms with Crippen LogP contribution in [0.5, 0.6) is 5.75 Å². The predicted molar refractivity (Wildman–Crippen MR) is 76.6 cm³/mol. The fourth-order valence-corrected chi connectivity index (χ4v) is 1.57. The summed E-state index contributed by atoms with van der Waals surface area (Å²) in [6.07, 6.45) is 1.68. The van der Waals surface area contributed by atoms with E-state index < -0.39 is 0 Å². The number of carbonyl (C=O) groups excluding carboxylic acids is 1. The van der Waals surface area contributed by atoms with Gasteiger partial charge in [-0.25, -0.2) is 4.98 Å². The van der Waals surface area contributed by atoms with Crippen molar-refractivity contribution in [3.05, 3.63) is 24.0 Å². The van der Waals surface area contributed by atoms with Crippen LogP contribution in [0.1, 0.15) is 45.1 Å². The van der Waals surface area contributed by atoms with Crippen LogP contribution < -0.4 is 10.1 Å². The molecule has 0 aliphatic heterocycles. The van der Waals surface area contributed by atoms with Gasteiger partial charge in [0.25, 0.3) is 0 Å². The Morgan fingerprint density at radius 1 is 1.26 bits per heavy atom. The lowest BCUT2D eigenvalue weighted by Gasteiger charge is -2.17. The van der Waals surface area contributed by atoms with Crippen molar-refractivity contribution in [2.75, 3.05) is 6.54 Å². The van der Waals surface area contributed by atoms with Gasteiger partial charge in [0, 0.05) is 18.5 Å². The van der Waals surface area contributed by atoms with E-state index in [-0.39, 0.29) is 17.8 Å². The second kappa shape index (κ2) is 7.24. The number of ketones is 1. The number of ether oxygens (including phenoxy) is 1. The Hall–Kier alpha value is -1.42. The molecule has 4 nitrogen and oxygen atoms in total. The SMILES string of the molecule is CC(C)NC[C@@H](C)Oc1ccc(C(=O)C(C)C)nc1. The summed E-state index contributed by atoms with van der Waals surface area (Å²) in [5.74, 6) is 0.716. The van der Waals surface area contributed by atoms with Crippen LogP contribution in [0.25, 0.3) is 0 Å². The van der Waals surface area contributed by atoms with E-state index in [1.165, 1.54) is 0 Å². The van der Waals surface area contributed by atoms with E-state index in [0.29, 0.717) is 17.5 Å². The number of carbonyl (C=O) groups is 1. The van der Waals surface area contributed by atoms with Gasteiger partial charge < -0.3 is 10.1 Å². The smallest absolute Gasteiger partial charge is 0.183 e. The minimum absolute atomic E-state index is 0.0339. The van der Waals surface area contributed by atoms with Crippen LogP contribution in [-0.2, 0) is 0 Å². The van der Waals surface area contributed by atoms with Gasteiger partial charge in [-0.2, -0.15) is 0 Å². The fraction of sp³-hybridized carbons (Fsp3) is 0.600. The average Bonchev–Trinajstić information content (AvgIpc) is 2.36. The third kappa shape index (κ3) is 5.39. The summed E-state index contributed by atoms with van der Waals surface area (Å²) < 4.78 is 5.72. The van der Waals surface area contributed by atoms with E-state index in [1.54, 1.807) is 18.3 Å². The zero-order valence-corrected chi connectivity index (χ0v) is 12.4. The van der Waals surface area contributed by atoms with Crippen molar-refractivity contribution >= 4 is 5.78 Å². The molecule has 0 bridgehead atoms. The first kappa shape index (κ1) is 15.6. The van der Waals surface area contributed by atoms with Crippen molar-refractivity contribution in [1.29, 1.82) is 0 Å². The topological polar surface area (TPSA) is 51.2 Å². The molecule has 1 heterocycles. The normalized spacial score (nSPS) is 12.8. The van der Waals surface area contributed by atoms with Crippen molar-refractivity contribution in [3.63, 3.8) is 0 Å². The quantitative estimate of drug-likeness (QED) is 0.769. The Morgan fingerprint density at radius 3 is 2.42 bits per heavy atom. The summed E-state index contributed by atoms with van der Waals surface area (Å²) in [6, 6.07) is 3.96. The number of nitrogens with zero attached hydrogens (tertiary/aromatic N) is 1. The van der Waals surface area contributed by atoms with Crippen LogP contribution in [0.4, 0.5) is 0 Å². The maximum absolute atomic E-state index is 11.7. The Kier molecular flexibility index (Phi) is 5.96. The minimum Gasteiger partial charge on any atom is -0.488 e. The summed E-state index contributed by atoms with van der Waals surface area (Å²) in [5.41, 5.74) is 0.496. The maximum atomic E-state index is 11.7. The fourth-order valence-electron chi connectivity index (χ4n) is 1.57. The van der Waals surface area contributed by atoms with Gasteiger partial charge in [0.15, 0.2) is 5.78 Å². The zero-order valence-electron chi connectivity index (χ0n) is 12.4. The highest BCUT2D eigenvalue weighted by atomic mass is 16.5. The Morgan fingerprint density at radius 2 is 1.95 bits per heavy atom. The van der Waals surface area contributed by atoms with Crippen LogP contribution in [0.2, 0.25) is 0 Å². The number of rotatable bonds is 7. The summed E-state index contributed by atoms with van der Waals surface area (Å²) in [4.78, 5) is 15.9. The molecule has 0 spiro atoms. The molecule has 19 heavy (non-hydrogen) atoms. The number of hydrogen-bond donors (Lipinski definition) is 1. The second-order valence-electron chi connectivity index (χ2n) is 5.39. The molecule has 1 atom stereocenters. The standard InChI is InChI=1S/C15H24N2O2/c1-10(2)15(18)14-7-6-13(9-17-14)19-12(5)8-16-11(3)4/h6-7,9-12,16H,8H2,1-5H3/t12-/m1/s1. The average molecular weight is 264 g/mol. The van der Waals surface area contributed by atoms with E-state index in [0.717, 1.165) is 6.54 Å². The van der Waals surface area contributed by atoms with Gasteiger partial charge in [0.2, 0.25) is 0 Å². The highest BCUT2D eigenvalue weighted by Crippen LogP contribution is 2.13. The predicted octanol–water partition coefficient (Wildman–Crippen LogP) is 2.69. The molecule has 4 heteroatoms. The van der Waals surface area contributed by atoms with Gasteiger partial charge in [-0.3, -0.25) is 4.79 Å². The number of nitrogens with one attached hydrogen (secondary N) is 1. The molecule has 0 aromatic carbocycles. The molecule has 0 fully saturated rings. The first-order valence-electron chi connectivity index (χ1n) is 6.80. The van der Waals surface area contributed by atoms with Crippen LogP contribution in [0, 0.1) is 5.92 Å². The van der Waals surface area contributed by atoms with Crippen LogP contribution in [0.3, 0.4) is 0 Å². The van der Waals surface area contributed by atoms with Gasteiger partial charge in [-0.15, -0.1) is 0 Å². The molecule has 0 unspecified atom stereocenters. The molecule has 106 valence electrons. The van der Waals surface area contributed by atoms with Gasteiger partial charge in [-0.05, 0) is 19.1 Å². The molecule has 1 rings (SSSR count). The first-order chi connectivity index (χ1) is 8.90. The van der Waals surface area contributed by atoms with Crippen molar-refractivity contribution in [2.45, 2.75) is 46.8 Å². The third-order valence-electron chi connectivity index (χ3n) is 2.66. The van der Waals surface area contributed by atoms with Crippen molar-refractivity contribution in [3.8, 4) is 5.75 Å². The number of aromatic nitrogens is 1. The number of Topliss-reactive ketones (excluding diaryl/α,β-unsaturated/α-hetero) is 1. The van der Waals surface area contributed by atoms with Crippen LogP contribution in [-0.4, -0.2) is 29.5 Å². The molecular weight excluding hydrogens is 240 g/mol. The largest absolute Gasteiger partial charge is 0.488 e.